The topological polar surface area (TPSA) is 93.6 Å². The van der Waals surface area contributed by atoms with Crippen molar-refractivity contribution in [3.63, 3.8) is 0 Å². The SMILES string of the molecule is COc1cc2c(cc1N)CCN2C(C)NC(N)=O. The molecule has 0 fully saturated rings. The first-order valence-corrected chi connectivity index (χ1v) is 5.82. The molecule has 0 bridgehead atoms. The highest BCUT2D eigenvalue weighted by Gasteiger charge is 2.25. The van der Waals surface area contributed by atoms with Gasteiger partial charge in [0.1, 0.15) is 11.9 Å². The Kier molecular flexibility index (Phi) is 3.18. The van der Waals surface area contributed by atoms with E-state index >= 15 is 0 Å². The Balaban J connectivity index is 2.29. The van der Waals surface area contributed by atoms with Crippen LogP contribution in [0.1, 0.15) is 12.5 Å². The van der Waals surface area contributed by atoms with Gasteiger partial charge < -0.3 is 26.4 Å². The van der Waals surface area contributed by atoms with Gasteiger partial charge in [-0.2, -0.15) is 0 Å². The molecule has 18 heavy (non-hydrogen) atoms. The number of anilines is 2. The third-order valence-corrected chi connectivity index (χ3v) is 3.18. The van der Waals surface area contributed by atoms with Gasteiger partial charge in [0, 0.05) is 18.3 Å². The van der Waals surface area contributed by atoms with E-state index in [-0.39, 0.29) is 6.17 Å². The summed E-state index contributed by atoms with van der Waals surface area (Å²) in [7, 11) is 1.59. The van der Waals surface area contributed by atoms with E-state index in [1.807, 2.05) is 19.1 Å². The Morgan fingerprint density at radius 1 is 1.56 bits per heavy atom. The first-order valence-electron chi connectivity index (χ1n) is 5.82. The smallest absolute Gasteiger partial charge is 0.313 e. The van der Waals surface area contributed by atoms with Crippen molar-refractivity contribution in [1.82, 2.24) is 5.32 Å². The Hall–Kier alpha value is -2.11. The lowest BCUT2D eigenvalue weighted by molar-refractivity contribution is 0.245. The monoisotopic (exact) mass is 250 g/mol. The number of nitrogens with one attached hydrogen (secondary N) is 1. The van der Waals surface area contributed by atoms with Crippen LogP contribution in [-0.2, 0) is 6.42 Å². The molecule has 1 atom stereocenters. The maximum atomic E-state index is 10.9. The Labute approximate surface area is 106 Å². The van der Waals surface area contributed by atoms with E-state index in [1.54, 1.807) is 7.11 Å². The molecular formula is C12H18N4O2. The Bertz CT molecular complexity index is 475. The molecule has 2 amide bonds. The van der Waals surface area contributed by atoms with E-state index in [0.717, 1.165) is 24.2 Å². The van der Waals surface area contributed by atoms with Gasteiger partial charge in [0.15, 0.2) is 0 Å². The predicted octanol–water partition coefficient (Wildman–Crippen LogP) is 0.654. The predicted molar refractivity (Wildman–Crippen MR) is 70.6 cm³/mol. The van der Waals surface area contributed by atoms with E-state index in [0.29, 0.717) is 11.4 Å². The number of nitrogens with zero attached hydrogens (tertiary/aromatic N) is 1. The molecule has 0 spiro atoms. The Morgan fingerprint density at radius 2 is 2.28 bits per heavy atom. The molecule has 0 saturated carbocycles. The third kappa shape index (κ3) is 2.13. The highest BCUT2D eigenvalue weighted by atomic mass is 16.5. The number of nitrogens with two attached hydrogens (primary N) is 2. The largest absolute Gasteiger partial charge is 0.495 e. The molecule has 1 aromatic carbocycles. The van der Waals surface area contributed by atoms with Crippen LogP contribution in [0.25, 0.3) is 0 Å². The molecule has 6 nitrogen and oxygen atoms in total. The normalized spacial score (nSPS) is 15.1. The Morgan fingerprint density at radius 3 is 2.89 bits per heavy atom. The van der Waals surface area contributed by atoms with Gasteiger partial charge >= 0.3 is 6.03 Å². The highest BCUT2D eigenvalue weighted by Crippen LogP contribution is 2.36. The molecule has 1 heterocycles. The minimum Gasteiger partial charge on any atom is -0.495 e. The summed E-state index contributed by atoms with van der Waals surface area (Å²) in [5.41, 5.74) is 13.8. The van der Waals surface area contributed by atoms with Gasteiger partial charge in [-0.15, -0.1) is 0 Å². The van der Waals surface area contributed by atoms with Gasteiger partial charge in [0.05, 0.1) is 12.8 Å². The second kappa shape index (κ2) is 4.64. The van der Waals surface area contributed by atoms with Gasteiger partial charge in [-0.05, 0) is 25.0 Å². The van der Waals surface area contributed by atoms with Crippen molar-refractivity contribution in [3.05, 3.63) is 17.7 Å². The number of methoxy groups -OCH3 is 1. The van der Waals surface area contributed by atoms with Crippen LogP contribution in [-0.4, -0.2) is 25.9 Å². The number of rotatable bonds is 3. The maximum Gasteiger partial charge on any atom is 0.313 e. The highest BCUT2D eigenvalue weighted by molar-refractivity contribution is 5.74. The van der Waals surface area contributed by atoms with E-state index in [9.17, 15) is 4.79 Å². The number of hydrogen-bond donors (Lipinski definition) is 3. The molecule has 0 aromatic heterocycles. The van der Waals surface area contributed by atoms with Gasteiger partial charge in [0.25, 0.3) is 0 Å². The minimum atomic E-state index is -0.529. The number of nitrogen functional groups attached to an aromatic ring is 1. The number of carbonyl (C=O) groups excluding carboxylic acids is 1. The van der Waals surface area contributed by atoms with Crippen molar-refractivity contribution in [2.24, 2.45) is 5.73 Å². The first kappa shape index (κ1) is 12.3. The number of benzene rings is 1. The number of urea groups is 1. The maximum absolute atomic E-state index is 10.9. The molecule has 0 saturated heterocycles. The molecule has 6 heteroatoms. The molecule has 0 aliphatic carbocycles. The summed E-state index contributed by atoms with van der Waals surface area (Å²) < 4.78 is 5.22. The van der Waals surface area contributed by atoms with E-state index in [2.05, 4.69) is 10.2 Å². The van der Waals surface area contributed by atoms with Gasteiger partial charge in [-0.25, -0.2) is 4.79 Å². The van der Waals surface area contributed by atoms with Crippen molar-refractivity contribution < 1.29 is 9.53 Å². The summed E-state index contributed by atoms with van der Waals surface area (Å²) in [5, 5.41) is 2.67. The summed E-state index contributed by atoms with van der Waals surface area (Å²) >= 11 is 0. The van der Waals surface area contributed by atoms with Crippen molar-refractivity contribution in [2.45, 2.75) is 19.5 Å². The van der Waals surface area contributed by atoms with Crippen molar-refractivity contribution in [2.75, 3.05) is 24.3 Å². The van der Waals surface area contributed by atoms with Crippen LogP contribution in [0.4, 0.5) is 16.2 Å². The van der Waals surface area contributed by atoms with Crippen LogP contribution >= 0.6 is 0 Å². The number of carbonyl (C=O) groups is 1. The fourth-order valence-corrected chi connectivity index (χ4v) is 2.32. The molecule has 0 radical (unpaired) electrons. The number of ether oxygens (including phenoxy) is 1. The summed E-state index contributed by atoms with van der Waals surface area (Å²) in [5.74, 6) is 0.645. The van der Waals surface area contributed by atoms with Crippen LogP contribution in [0.15, 0.2) is 12.1 Å². The van der Waals surface area contributed by atoms with Crippen LogP contribution in [0, 0.1) is 0 Å². The molecule has 1 aliphatic rings. The zero-order valence-corrected chi connectivity index (χ0v) is 10.6. The summed E-state index contributed by atoms with van der Waals surface area (Å²) in [6.45, 7) is 2.71. The fraction of sp³-hybridized carbons (Fsp3) is 0.417. The van der Waals surface area contributed by atoms with Gasteiger partial charge in [0.2, 0.25) is 0 Å². The van der Waals surface area contributed by atoms with Gasteiger partial charge in [-0.3, -0.25) is 0 Å². The molecule has 1 aliphatic heterocycles. The average Bonchev–Trinajstić information content (AvgIpc) is 2.69. The molecule has 2 rings (SSSR count). The first-order chi connectivity index (χ1) is 8.52. The second-order valence-corrected chi connectivity index (χ2v) is 4.35. The van der Waals surface area contributed by atoms with Crippen molar-refractivity contribution >= 4 is 17.4 Å². The van der Waals surface area contributed by atoms with E-state index < -0.39 is 6.03 Å². The van der Waals surface area contributed by atoms with Gasteiger partial charge in [-0.1, -0.05) is 0 Å². The second-order valence-electron chi connectivity index (χ2n) is 4.35. The van der Waals surface area contributed by atoms with Crippen molar-refractivity contribution in [3.8, 4) is 5.75 Å². The fourth-order valence-electron chi connectivity index (χ4n) is 2.32. The quantitative estimate of drug-likeness (QED) is 0.687. The third-order valence-electron chi connectivity index (χ3n) is 3.18. The number of amides is 2. The standard InChI is InChI=1S/C12H18N4O2/c1-7(15-12(14)17)16-4-3-8-5-9(13)11(18-2)6-10(8)16/h5-7H,3-4,13H2,1-2H3,(H3,14,15,17). The van der Waals surface area contributed by atoms with Crippen LogP contribution in [0.3, 0.4) is 0 Å². The summed E-state index contributed by atoms with van der Waals surface area (Å²) in [6.07, 6.45) is 0.742. The lowest BCUT2D eigenvalue weighted by atomic mass is 10.1. The number of hydrogen-bond acceptors (Lipinski definition) is 4. The summed E-state index contributed by atoms with van der Waals surface area (Å²) in [4.78, 5) is 13.0. The molecule has 1 unspecified atom stereocenters. The number of primary amides is 1. The van der Waals surface area contributed by atoms with E-state index in [1.165, 1.54) is 0 Å². The summed E-state index contributed by atoms with van der Waals surface area (Å²) in [6, 6.07) is 3.29. The minimum absolute atomic E-state index is 0.155. The lowest BCUT2D eigenvalue weighted by Gasteiger charge is -2.27. The molecule has 5 N–H and O–H groups in total. The van der Waals surface area contributed by atoms with Crippen LogP contribution < -0.4 is 26.4 Å². The molecule has 1 aromatic rings. The lowest BCUT2D eigenvalue weighted by Crippen LogP contribution is -2.47. The molecule has 98 valence electrons. The van der Waals surface area contributed by atoms with E-state index in [4.69, 9.17) is 16.2 Å². The zero-order chi connectivity index (χ0) is 13.3. The van der Waals surface area contributed by atoms with Crippen molar-refractivity contribution in [1.29, 1.82) is 0 Å². The number of fused-ring (bicyclic) bond motifs is 1. The molecular weight excluding hydrogens is 232 g/mol. The van der Waals surface area contributed by atoms with Crippen LogP contribution in [0.5, 0.6) is 5.75 Å². The zero-order valence-electron chi connectivity index (χ0n) is 10.6. The van der Waals surface area contributed by atoms with Crippen LogP contribution in [0.2, 0.25) is 0 Å². The average molecular weight is 250 g/mol.